The van der Waals surface area contributed by atoms with Crippen molar-refractivity contribution in [1.82, 2.24) is 0 Å². The highest BCUT2D eigenvalue weighted by molar-refractivity contribution is 7.90. The van der Waals surface area contributed by atoms with E-state index in [1.165, 1.54) is 0 Å². The zero-order chi connectivity index (χ0) is 9.61. The average Bonchev–Trinajstić information content (AvgIpc) is 1.85. The van der Waals surface area contributed by atoms with Crippen molar-refractivity contribution in [3.05, 3.63) is 0 Å². The van der Waals surface area contributed by atoms with Gasteiger partial charge in [-0.2, -0.15) is 0 Å². The van der Waals surface area contributed by atoms with Crippen LogP contribution in [0.3, 0.4) is 0 Å². The van der Waals surface area contributed by atoms with E-state index in [0.717, 1.165) is 0 Å². The van der Waals surface area contributed by atoms with Gasteiger partial charge in [-0.3, -0.25) is 0 Å². The third kappa shape index (κ3) is 4.95. The molecule has 0 saturated carbocycles. The quantitative estimate of drug-likeness (QED) is 0.445. The Kier molecular flexibility index (Phi) is 4.65. The molecule has 0 heterocycles. The SMILES string of the molecule is CCCS(=O)(=O)N=C([O-])OCC. The zero-order valence-electron chi connectivity index (χ0n) is 7.11. The highest BCUT2D eigenvalue weighted by atomic mass is 32.2. The van der Waals surface area contributed by atoms with Crippen LogP contribution in [0.25, 0.3) is 0 Å². The second-order valence-corrected chi connectivity index (χ2v) is 3.83. The Morgan fingerprint density at radius 1 is 1.50 bits per heavy atom. The lowest BCUT2D eigenvalue weighted by molar-refractivity contribution is -0.249. The number of hydrogen-bond donors (Lipinski definition) is 0. The fourth-order valence-electron chi connectivity index (χ4n) is 0.567. The van der Waals surface area contributed by atoms with Gasteiger partial charge in [0.15, 0.2) is 6.08 Å². The molecule has 0 aliphatic rings. The lowest BCUT2D eigenvalue weighted by Gasteiger charge is -2.09. The molecule has 6 heteroatoms. The highest BCUT2D eigenvalue weighted by Crippen LogP contribution is 1.94. The van der Waals surface area contributed by atoms with Gasteiger partial charge in [0.25, 0.3) is 10.0 Å². The fraction of sp³-hybridized carbons (Fsp3) is 0.833. The maximum absolute atomic E-state index is 10.8. The van der Waals surface area contributed by atoms with E-state index in [-0.39, 0.29) is 12.4 Å². The van der Waals surface area contributed by atoms with E-state index in [0.29, 0.717) is 6.42 Å². The van der Waals surface area contributed by atoms with E-state index < -0.39 is 16.1 Å². The predicted octanol–water partition coefficient (Wildman–Crippen LogP) is -0.521. The lowest BCUT2D eigenvalue weighted by atomic mass is 10.6. The van der Waals surface area contributed by atoms with Gasteiger partial charge in [0.1, 0.15) is 0 Å². The molecule has 0 atom stereocenters. The van der Waals surface area contributed by atoms with Gasteiger partial charge in [-0.1, -0.05) is 13.8 Å². The molecule has 0 saturated heterocycles. The molecule has 0 amide bonds. The Labute approximate surface area is 72.1 Å². The van der Waals surface area contributed by atoms with Gasteiger partial charge in [0.2, 0.25) is 0 Å². The highest BCUT2D eigenvalue weighted by Gasteiger charge is 2.04. The Morgan fingerprint density at radius 2 is 2.08 bits per heavy atom. The molecule has 5 nitrogen and oxygen atoms in total. The smallest absolute Gasteiger partial charge is 0.254 e. The molecule has 0 aliphatic carbocycles. The second-order valence-electron chi connectivity index (χ2n) is 2.08. The maximum atomic E-state index is 10.8. The number of hydrogen-bond acceptors (Lipinski definition) is 4. The topological polar surface area (TPSA) is 78.8 Å². The van der Waals surface area contributed by atoms with E-state index in [1.807, 2.05) is 0 Å². The minimum absolute atomic E-state index is 0.119. The van der Waals surface area contributed by atoms with Crippen LogP contribution in [0.15, 0.2) is 4.40 Å². The zero-order valence-corrected chi connectivity index (χ0v) is 7.93. The van der Waals surface area contributed by atoms with Crippen LogP contribution in [0.5, 0.6) is 0 Å². The van der Waals surface area contributed by atoms with Crippen molar-refractivity contribution in [1.29, 1.82) is 0 Å². The van der Waals surface area contributed by atoms with Crippen molar-refractivity contribution in [2.75, 3.05) is 12.4 Å². The Bertz CT molecular complexity index is 244. The first kappa shape index (κ1) is 11.2. The Morgan fingerprint density at radius 3 is 2.50 bits per heavy atom. The van der Waals surface area contributed by atoms with E-state index in [9.17, 15) is 13.5 Å². The summed E-state index contributed by atoms with van der Waals surface area (Å²) in [5, 5.41) is 10.6. The predicted molar refractivity (Wildman–Crippen MR) is 43.1 cm³/mol. The minimum Gasteiger partial charge on any atom is -0.600 e. The first-order valence-electron chi connectivity index (χ1n) is 3.64. The molecular weight excluding hydrogens is 182 g/mol. The summed E-state index contributed by atoms with van der Waals surface area (Å²) in [7, 11) is -3.60. The van der Waals surface area contributed by atoms with Crippen molar-refractivity contribution in [2.45, 2.75) is 20.3 Å². The third-order valence-corrected chi connectivity index (χ3v) is 2.29. The van der Waals surface area contributed by atoms with E-state index >= 15 is 0 Å². The third-order valence-electron chi connectivity index (χ3n) is 0.944. The van der Waals surface area contributed by atoms with Gasteiger partial charge in [0, 0.05) is 0 Å². The Hall–Kier alpha value is -0.780. The molecule has 0 radical (unpaired) electrons. The lowest BCUT2D eigenvalue weighted by Crippen LogP contribution is -2.23. The number of sulfonamides is 1. The summed E-state index contributed by atoms with van der Waals surface area (Å²) in [5.41, 5.74) is 0. The molecule has 0 unspecified atom stereocenters. The molecule has 0 aromatic heterocycles. The number of ether oxygens (including phenoxy) is 1. The number of nitrogens with zero attached hydrogens (tertiary/aromatic N) is 1. The molecule has 0 fully saturated rings. The van der Waals surface area contributed by atoms with Gasteiger partial charge in [-0.25, -0.2) is 8.42 Å². The van der Waals surface area contributed by atoms with Gasteiger partial charge in [0.05, 0.1) is 5.75 Å². The van der Waals surface area contributed by atoms with Crippen LogP contribution in [-0.4, -0.2) is 26.9 Å². The molecule has 0 bridgehead atoms. The molecule has 0 N–H and O–H groups in total. The van der Waals surface area contributed by atoms with Gasteiger partial charge >= 0.3 is 0 Å². The van der Waals surface area contributed by atoms with Crippen LogP contribution < -0.4 is 5.11 Å². The largest absolute Gasteiger partial charge is 0.600 e. The normalized spacial score (nSPS) is 13.0. The molecule has 0 rings (SSSR count). The summed E-state index contributed by atoms with van der Waals surface area (Å²) in [6, 6.07) is 0. The molecule has 72 valence electrons. The van der Waals surface area contributed by atoms with E-state index in [1.54, 1.807) is 13.8 Å². The van der Waals surface area contributed by atoms with E-state index in [2.05, 4.69) is 9.13 Å². The molecule has 0 spiro atoms. The number of rotatable bonds is 4. The first-order valence-corrected chi connectivity index (χ1v) is 5.25. The van der Waals surface area contributed by atoms with Crippen molar-refractivity contribution in [3.63, 3.8) is 0 Å². The summed E-state index contributed by atoms with van der Waals surface area (Å²) in [6.45, 7) is 3.40. The fourth-order valence-corrected chi connectivity index (χ4v) is 1.45. The average molecular weight is 194 g/mol. The summed E-state index contributed by atoms with van der Waals surface area (Å²) in [6.07, 6.45) is -0.600. The summed E-state index contributed by atoms with van der Waals surface area (Å²) < 4.78 is 28.9. The Balaban J connectivity index is 4.30. The molecule has 0 aliphatic heterocycles. The van der Waals surface area contributed by atoms with Gasteiger partial charge in [-0.15, -0.1) is 4.40 Å². The van der Waals surface area contributed by atoms with Crippen LogP contribution in [0.1, 0.15) is 20.3 Å². The first-order chi connectivity index (χ1) is 5.52. The molecule has 12 heavy (non-hydrogen) atoms. The van der Waals surface area contributed by atoms with E-state index in [4.69, 9.17) is 0 Å². The standard InChI is InChI=1S/C6H13NO4S/c1-3-5-12(9,10)7-6(8)11-4-2/h3-5H2,1-2H3,(H,7,8)/p-1. The van der Waals surface area contributed by atoms with Crippen LogP contribution in [-0.2, 0) is 14.8 Å². The van der Waals surface area contributed by atoms with Gasteiger partial charge in [-0.05, 0) is 13.0 Å². The summed E-state index contributed by atoms with van der Waals surface area (Å²) in [4.78, 5) is 0. The van der Waals surface area contributed by atoms with Crippen LogP contribution >= 0.6 is 0 Å². The van der Waals surface area contributed by atoms with Crippen LogP contribution in [0.4, 0.5) is 0 Å². The van der Waals surface area contributed by atoms with Crippen molar-refractivity contribution in [2.24, 2.45) is 4.40 Å². The minimum atomic E-state index is -3.60. The van der Waals surface area contributed by atoms with Crippen LogP contribution in [0.2, 0.25) is 0 Å². The second kappa shape index (κ2) is 4.97. The van der Waals surface area contributed by atoms with Gasteiger partial charge < -0.3 is 9.84 Å². The molecule has 0 aromatic rings. The maximum Gasteiger partial charge on any atom is 0.254 e. The van der Waals surface area contributed by atoms with Crippen LogP contribution in [0, 0.1) is 0 Å². The molecule has 0 aromatic carbocycles. The van der Waals surface area contributed by atoms with Crippen molar-refractivity contribution in [3.8, 4) is 0 Å². The van der Waals surface area contributed by atoms with Crippen molar-refractivity contribution >= 4 is 16.1 Å². The summed E-state index contributed by atoms with van der Waals surface area (Å²) in [5.74, 6) is -0.119. The molecular formula is C6H12NO4S-. The van der Waals surface area contributed by atoms with Crippen molar-refractivity contribution < 1.29 is 18.3 Å². The summed E-state index contributed by atoms with van der Waals surface area (Å²) >= 11 is 0. The monoisotopic (exact) mass is 194 g/mol.